The molecule has 0 aliphatic heterocycles. The predicted molar refractivity (Wildman–Crippen MR) is 82.3 cm³/mol. The van der Waals surface area contributed by atoms with Crippen LogP contribution in [0.3, 0.4) is 0 Å². The monoisotopic (exact) mass is 303 g/mol. The van der Waals surface area contributed by atoms with Crippen molar-refractivity contribution < 1.29 is 9.72 Å². The van der Waals surface area contributed by atoms with Crippen molar-refractivity contribution in [3.05, 3.63) is 57.1 Å². The number of nitrogens with one attached hydrogen (secondary N) is 1. The van der Waals surface area contributed by atoms with E-state index in [2.05, 4.69) is 10.3 Å². The molecular formula is C14H13N3O3S. The van der Waals surface area contributed by atoms with Crippen molar-refractivity contribution in [1.29, 1.82) is 0 Å². The summed E-state index contributed by atoms with van der Waals surface area (Å²) in [6.07, 6.45) is 3.48. The molecule has 0 bridgehead atoms. The minimum atomic E-state index is -0.480. The lowest BCUT2D eigenvalue weighted by molar-refractivity contribution is -0.385. The van der Waals surface area contributed by atoms with Crippen molar-refractivity contribution in [3.63, 3.8) is 0 Å². The van der Waals surface area contributed by atoms with Gasteiger partial charge in [0.25, 0.3) is 5.69 Å². The molecule has 0 unspecified atom stereocenters. The number of rotatable bonds is 5. The molecule has 2 rings (SSSR count). The highest BCUT2D eigenvalue weighted by molar-refractivity contribution is 7.13. The van der Waals surface area contributed by atoms with E-state index in [0.29, 0.717) is 10.7 Å². The van der Waals surface area contributed by atoms with E-state index in [1.807, 2.05) is 12.3 Å². The zero-order valence-electron chi connectivity index (χ0n) is 11.3. The van der Waals surface area contributed by atoms with Crippen LogP contribution >= 0.6 is 11.3 Å². The molecule has 1 aromatic carbocycles. The number of carbonyl (C=O) groups is 1. The van der Waals surface area contributed by atoms with Crippen LogP contribution in [-0.2, 0) is 11.2 Å². The predicted octanol–water partition coefficient (Wildman–Crippen LogP) is 3.27. The van der Waals surface area contributed by atoms with E-state index in [0.717, 1.165) is 12.1 Å². The number of amides is 1. The lowest BCUT2D eigenvalue weighted by Gasteiger charge is -1.97. The van der Waals surface area contributed by atoms with Crippen LogP contribution in [0.15, 0.2) is 35.7 Å². The lowest BCUT2D eigenvalue weighted by atomic mass is 10.1. The molecule has 1 amide bonds. The van der Waals surface area contributed by atoms with E-state index in [4.69, 9.17) is 0 Å². The van der Waals surface area contributed by atoms with Gasteiger partial charge in [0.15, 0.2) is 5.13 Å². The average molecular weight is 303 g/mol. The van der Waals surface area contributed by atoms with Gasteiger partial charge in [0, 0.05) is 17.5 Å². The summed E-state index contributed by atoms with van der Waals surface area (Å²) < 4.78 is 0. The topological polar surface area (TPSA) is 85.1 Å². The minimum absolute atomic E-state index is 0.0379. The Hall–Kier alpha value is -2.54. The molecule has 1 N–H and O–H groups in total. The number of nitro groups is 1. The molecule has 0 saturated carbocycles. The molecule has 0 aliphatic carbocycles. The Morgan fingerprint density at radius 2 is 2.24 bits per heavy atom. The number of anilines is 1. The van der Waals surface area contributed by atoms with Gasteiger partial charge in [-0.2, -0.15) is 0 Å². The van der Waals surface area contributed by atoms with Gasteiger partial charge in [0.05, 0.1) is 16.2 Å². The average Bonchev–Trinajstić information content (AvgIpc) is 2.93. The summed E-state index contributed by atoms with van der Waals surface area (Å²) in [4.78, 5) is 26.4. The third-order valence-corrected chi connectivity index (χ3v) is 3.50. The van der Waals surface area contributed by atoms with E-state index in [1.54, 1.807) is 18.2 Å². The van der Waals surface area contributed by atoms with E-state index < -0.39 is 4.92 Å². The second-order valence-corrected chi connectivity index (χ2v) is 4.99. The number of nitro benzene ring substituents is 1. The molecule has 0 aliphatic rings. The zero-order chi connectivity index (χ0) is 15.2. The second kappa shape index (κ2) is 6.76. The molecule has 1 heterocycles. The summed E-state index contributed by atoms with van der Waals surface area (Å²) >= 11 is 1.35. The molecule has 0 fully saturated rings. The third kappa shape index (κ3) is 3.96. The highest BCUT2D eigenvalue weighted by Gasteiger charge is 2.10. The number of aromatic nitrogens is 1. The van der Waals surface area contributed by atoms with Crippen LogP contribution in [0, 0.1) is 10.1 Å². The van der Waals surface area contributed by atoms with Crippen molar-refractivity contribution in [1.82, 2.24) is 4.98 Å². The highest BCUT2D eigenvalue weighted by Crippen LogP contribution is 2.19. The molecule has 7 heteroatoms. The minimum Gasteiger partial charge on any atom is -0.298 e. The zero-order valence-corrected chi connectivity index (χ0v) is 12.1. The van der Waals surface area contributed by atoms with E-state index in [1.165, 1.54) is 29.6 Å². The van der Waals surface area contributed by atoms with Crippen molar-refractivity contribution in [2.45, 2.75) is 13.3 Å². The maximum absolute atomic E-state index is 11.8. The first-order valence-corrected chi connectivity index (χ1v) is 7.15. The van der Waals surface area contributed by atoms with Crippen molar-refractivity contribution >= 4 is 34.1 Å². The molecule has 0 radical (unpaired) electrons. The maximum Gasteiger partial charge on any atom is 0.276 e. The number of carbonyl (C=O) groups excluding carboxylic acids is 1. The Kier molecular flexibility index (Phi) is 4.78. The van der Waals surface area contributed by atoms with E-state index in [9.17, 15) is 14.9 Å². The molecular weight excluding hydrogens is 290 g/mol. The summed E-state index contributed by atoms with van der Waals surface area (Å²) in [5.74, 6) is -0.370. The van der Waals surface area contributed by atoms with Gasteiger partial charge >= 0.3 is 0 Å². The van der Waals surface area contributed by atoms with Gasteiger partial charge in [-0.25, -0.2) is 4.98 Å². The fourth-order valence-electron chi connectivity index (χ4n) is 1.63. The number of hydrogen-bond acceptors (Lipinski definition) is 5. The van der Waals surface area contributed by atoms with Crippen molar-refractivity contribution in [2.75, 3.05) is 5.32 Å². The molecule has 0 saturated heterocycles. The van der Waals surface area contributed by atoms with Crippen LogP contribution in [0.2, 0.25) is 0 Å². The Labute approximate surface area is 125 Å². The summed E-state index contributed by atoms with van der Waals surface area (Å²) in [7, 11) is 0. The van der Waals surface area contributed by atoms with E-state index >= 15 is 0 Å². The largest absolute Gasteiger partial charge is 0.298 e. The normalized spacial score (nSPS) is 10.7. The first-order chi connectivity index (χ1) is 10.1. The molecule has 108 valence electrons. The molecule has 2 aromatic rings. The Bertz CT molecular complexity index is 694. The van der Waals surface area contributed by atoms with Gasteiger partial charge < -0.3 is 0 Å². The number of hydrogen-bond donors (Lipinski definition) is 1. The Morgan fingerprint density at radius 1 is 1.48 bits per heavy atom. The molecule has 1 aromatic heterocycles. The standard InChI is InChI=1S/C14H13N3O3S/c1-2-11-9-21-14(15-11)16-13(18)8-7-10-5-3-4-6-12(10)17(19)20/h3-9H,2H2,1H3,(H,15,16,18). The SMILES string of the molecule is CCc1csc(NC(=O)C=Cc2ccccc2[N+](=O)[O-])n1. The summed E-state index contributed by atoms with van der Waals surface area (Å²) in [6, 6.07) is 6.24. The molecule has 21 heavy (non-hydrogen) atoms. The third-order valence-electron chi connectivity index (χ3n) is 2.69. The number of nitrogens with zero attached hydrogens (tertiary/aromatic N) is 2. The van der Waals surface area contributed by atoms with Gasteiger partial charge in [-0.05, 0) is 18.6 Å². The second-order valence-electron chi connectivity index (χ2n) is 4.14. The van der Waals surface area contributed by atoms with Gasteiger partial charge in [-0.15, -0.1) is 11.3 Å². The first-order valence-electron chi connectivity index (χ1n) is 6.27. The molecule has 6 nitrogen and oxygen atoms in total. The van der Waals surface area contributed by atoms with Gasteiger partial charge in [0.2, 0.25) is 5.91 Å². The number of benzene rings is 1. The van der Waals surface area contributed by atoms with Gasteiger partial charge in [-0.1, -0.05) is 19.1 Å². The summed E-state index contributed by atoms with van der Waals surface area (Å²) in [5.41, 5.74) is 1.26. The Morgan fingerprint density at radius 3 is 2.90 bits per heavy atom. The van der Waals surface area contributed by atoms with Crippen LogP contribution in [0.5, 0.6) is 0 Å². The fourth-order valence-corrected chi connectivity index (χ4v) is 2.43. The molecule has 0 atom stereocenters. The summed E-state index contributed by atoms with van der Waals surface area (Å²) in [6.45, 7) is 1.98. The quantitative estimate of drug-likeness (QED) is 0.522. The van der Waals surface area contributed by atoms with Crippen LogP contribution < -0.4 is 5.32 Å². The smallest absolute Gasteiger partial charge is 0.276 e. The summed E-state index contributed by atoms with van der Waals surface area (Å²) in [5, 5.41) is 15.9. The van der Waals surface area contributed by atoms with Crippen molar-refractivity contribution in [3.8, 4) is 0 Å². The first kappa shape index (κ1) is 14.9. The van der Waals surface area contributed by atoms with Crippen LogP contribution in [0.1, 0.15) is 18.2 Å². The van der Waals surface area contributed by atoms with Crippen LogP contribution in [0.4, 0.5) is 10.8 Å². The number of aryl methyl sites for hydroxylation is 1. The highest BCUT2D eigenvalue weighted by atomic mass is 32.1. The van der Waals surface area contributed by atoms with Crippen LogP contribution in [0.25, 0.3) is 6.08 Å². The maximum atomic E-state index is 11.8. The Balaban J connectivity index is 2.07. The molecule has 0 spiro atoms. The van der Waals surface area contributed by atoms with Crippen molar-refractivity contribution in [2.24, 2.45) is 0 Å². The lowest BCUT2D eigenvalue weighted by Crippen LogP contribution is -2.07. The van der Waals surface area contributed by atoms with Gasteiger partial charge in [0.1, 0.15) is 0 Å². The number of thiazole rings is 1. The fraction of sp³-hybridized carbons (Fsp3) is 0.143. The van der Waals surface area contributed by atoms with E-state index in [-0.39, 0.29) is 11.6 Å². The number of para-hydroxylation sites is 1. The van der Waals surface area contributed by atoms with Crippen LogP contribution in [-0.4, -0.2) is 15.8 Å². The van der Waals surface area contributed by atoms with Gasteiger partial charge in [-0.3, -0.25) is 20.2 Å².